The normalized spacial score (nSPS) is 22.9. The van der Waals surface area contributed by atoms with Gasteiger partial charge in [0.15, 0.2) is 0 Å². The Bertz CT molecular complexity index is 192. The molecule has 2 radical (unpaired) electrons. The molecule has 4 heteroatoms. The van der Waals surface area contributed by atoms with E-state index in [4.69, 9.17) is 0 Å². The maximum Gasteiger partial charge on any atom is 0.211 e. The predicted octanol–water partition coefficient (Wildman–Crippen LogP) is 0.0603. The van der Waals surface area contributed by atoms with Crippen molar-refractivity contribution >= 4 is 10.0 Å². The second kappa shape index (κ2) is 2.88. The number of hydrogen-bond donors (Lipinski definition) is 0. The van der Waals surface area contributed by atoms with Gasteiger partial charge in [0, 0.05) is 13.1 Å². The minimum Gasteiger partial charge on any atom is -0.213 e. The van der Waals surface area contributed by atoms with Gasteiger partial charge in [-0.1, -0.05) is 0 Å². The van der Waals surface area contributed by atoms with Gasteiger partial charge in [-0.2, -0.15) is 0 Å². The van der Waals surface area contributed by atoms with Crippen molar-refractivity contribution in [3.63, 3.8) is 0 Å². The molecular formula is C6H11NO2S. The fourth-order valence-corrected chi connectivity index (χ4v) is 1.71. The van der Waals surface area contributed by atoms with Crippen LogP contribution in [0.5, 0.6) is 0 Å². The minimum absolute atomic E-state index is 0.541. The van der Waals surface area contributed by atoms with E-state index in [1.165, 1.54) is 10.6 Å². The first-order valence-corrected chi connectivity index (χ1v) is 5.05. The Morgan fingerprint density at radius 3 is 2.40 bits per heavy atom. The average Bonchev–Trinajstić information content (AvgIpc) is 1.88. The van der Waals surface area contributed by atoms with Crippen LogP contribution in [-0.4, -0.2) is 32.1 Å². The van der Waals surface area contributed by atoms with Gasteiger partial charge in [0.2, 0.25) is 10.0 Å². The lowest BCUT2D eigenvalue weighted by atomic mass is 10.2. The molecule has 0 amide bonds. The van der Waals surface area contributed by atoms with E-state index in [0.717, 1.165) is 6.42 Å². The molecule has 1 heterocycles. The molecule has 1 fully saturated rings. The summed E-state index contributed by atoms with van der Waals surface area (Å²) in [6.07, 6.45) is 5.96. The third-order valence-electron chi connectivity index (χ3n) is 1.49. The summed E-state index contributed by atoms with van der Waals surface area (Å²) in [4.78, 5) is 0. The topological polar surface area (TPSA) is 37.4 Å². The van der Waals surface area contributed by atoms with Crippen LogP contribution in [0.1, 0.15) is 6.42 Å². The quantitative estimate of drug-likeness (QED) is 0.545. The Labute approximate surface area is 62.1 Å². The molecule has 0 aliphatic carbocycles. The second-order valence-electron chi connectivity index (χ2n) is 2.38. The molecular weight excluding hydrogens is 150 g/mol. The van der Waals surface area contributed by atoms with Crippen LogP contribution in [-0.2, 0) is 10.0 Å². The van der Waals surface area contributed by atoms with Gasteiger partial charge >= 0.3 is 0 Å². The third kappa shape index (κ3) is 1.95. The number of piperidine rings is 1. The number of sulfonamides is 1. The van der Waals surface area contributed by atoms with Crippen molar-refractivity contribution in [2.75, 3.05) is 19.3 Å². The van der Waals surface area contributed by atoms with Crippen molar-refractivity contribution in [1.29, 1.82) is 0 Å². The van der Waals surface area contributed by atoms with Gasteiger partial charge in [0.05, 0.1) is 6.26 Å². The predicted molar refractivity (Wildman–Crippen MR) is 39.6 cm³/mol. The van der Waals surface area contributed by atoms with Gasteiger partial charge in [-0.15, -0.1) is 0 Å². The Balaban J connectivity index is 2.56. The molecule has 1 aliphatic rings. The lowest BCUT2D eigenvalue weighted by Gasteiger charge is -2.23. The van der Waals surface area contributed by atoms with E-state index in [2.05, 4.69) is 0 Å². The van der Waals surface area contributed by atoms with Crippen LogP contribution in [0.4, 0.5) is 0 Å². The van der Waals surface area contributed by atoms with Gasteiger partial charge in [0.25, 0.3) is 0 Å². The maximum atomic E-state index is 10.9. The van der Waals surface area contributed by atoms with E-state index >= 15 is 0 Å². The highest BCUT2D eigenvalue weighted by molar-refractivity contribution is 7.88. The molecule has 0 aromatic carbocycles. The molecule has 1 aliphatic heterocycles. The van der Waals surface area contributed by atoms with Crippen LogP contribution < -0.4 is 0 Å². The van der Waals surface area contributed by atoms with Crippen molar-refractivity contribution in [2.45, 2.75) is 6.42 Å². The van der Waals surface area contributed by atoms with E-state index < -0.39 is 10.0 Å². The van der Waals surface area contributed by atoms with Crippen LogP contribution in [0.3, 0.4) is 0 Å². The largest absolute Gasteiger partial charge is 0.213 e. The minimum atomic E-state index is -2.94. The summed E-state index contributed by atoms with van der Waals surface area (Å²) in [5, 5.41) is 0. The fraction of sp³-hybridized carbons (Fsp3) is 0.667. The molecule has 58 valence electrons. The first-order valence-electron chi connectivity index (χ1n) is 3.21. The van der Waals surface area contributed by atoms with Crippen molar-refractivity contribution in [3.8, 4) is 0 Å². The lowest BCUT2D eigenvalue weighted by Crippen LogP contribution is -2.35. The monoisotopic (exact) mass is 161 g/mol. The molecule has 0 saturated carbocycles. The molecule has 0 unspecified atom stereocenters. The molecule has 1 rings (SSSR count). The van der Waals surface area contributed by atoms with Crippen LogP contribution in [0.25, 0.3) is 0 Å². The van der Waals surface area contributed by atoms with E-state index in [9.17, 15) is 8.42 Å². The third-order valence-corrected chi connectivity index (χ3v) is 2.76. The summed E-state index contributed by atoms with van der Waals surface area (Å²) in [5.74, 6) is 0. The van der Waals surface area contributed by atoms with Crippen LogP contribution in [0.15, 0.2) is 0 Å². The van der Waals surface area contributed by atoms with Gasteiger partial charge in [-0.05, 0) is 19.3 Å². The summed E-state index contributed by atoms with van der Waals surface area (Å²) < 4.78 is 23.2. The number of rotatable bonds is 1. The summed E-state index contributed by atoms with van der Waals surface area (Å²) in [5.41, 5.74) is 0. The van der Waals surface area contributed by atoms with Crippen LogP contribution in [0.2, 0.25) is 0 Å². The fourth-order valence-electron chi connectivity index (χ4n) is 0.921. The highest BCUT2D eigenvalue weighted by atomic mass is 32.2. The molecule has 0 atom stereocenters. The molecule has 0 spiro atoms. The Morgan fingerprint density at radius 1 is 1.40 bits per heavy atom. The maximum absolute atomic E-state index is 10.9. The lowest BCUT2D eigenvalue weighted by molar-refractivity contribution is 0.421. The van der Waals surface area contributed by atoms with Crippen molar-refractivity contribution in [2.24, 2.45) is 0 Å². The van der Waals surface area contributed by atoms with Crippen LogP contribution >= 0.6 is 0 Å². The van der Waals surface area contributed by atoms with Crippen molar-refractivity contribution in [3.05, 3.63) is 12.8 Å². The first kappa shape index (κ1) is 8.01. The van der Waals surface area contributed by atoms with Crippen molar-refractivity contribution < 1.29 is 8.42 Å². The number of nitrogens with zero attached hydrogens (tertiary/aromatic N) is 1. The molecule has 0 bridgehead atoms. The van der Waals surface area contributed by atoms with E-state index in [1.54, 1.807) is 0 Å². The molecule has 0 N–H and O–H groups in total. The van der Waals surface area contributed by atoms with Crippen molar-refractivity contribution in [1.82, 2.24) is 4.31 Å². The summed E-state index contributed by atoms with van der Waals surface area (Å²) in [7, 11) is -2.94. The SMILES string of the molecule is CS(=O)(=O)N1C[CH][CH]CC1. The first-order chi connectivity index (χ1) is 4.61. The Kier molecular flexibility index (Phi) is 2.31. The zero-order valence-electron chi connectivity index (χ0n) is 5.95. The number of hydrogen-bond acceptors (Lipinski definition) is 2. The zero-order valence-corrected chi connectivity index (χ0v) is 6.76. The summed E-state index contributed by atoms with van der Waals surface area (Å²) in [6, 6.07) is 0. The van der Waals surface area contributed by atoms with Gasteiger partial charge < -0.3 is 0 Å². The van der Waals surface area contributed by atoms with Gasteiger partial charge in [0.1, 0.15) is 0 Å². The van der Waals surface area contributed by atoms with E-state index in [0.29, 0.717) is 13.1 Å². The highest BCUT2D eigenvalue weighted by Crippen LogP contribution is 2.09. The summed E-state index contributed by atoms with van der Waals surface area (Å²) in [6.45, 7) is 1.17. The van der Waals surface area contributed by atoms with E-state index in [-0.39, 0.29) is 0 Å². The summed E-state index contributed by atoms with van der Waals surface area (Å²) >= 11 is 0. The smallest absolute Gasteiger partial charge is 0.211 e. The molecule has 0 aromatic rings. The Hall–Kier alpha value is -0.0900. The van der Waals surface area contributed by atoms with Gasteiger partial charge in [-0.3, -0.25) is 0 Å². The molecule has 1 saturated heterocycles. The highest BCUT2D eigenvalue weighted by Gasteiger charge is 2.18. The molecule has 0 aromatic heterocycles. The molecule has 3 nitrogen and oxygen atoms in total. The standard InChI is InChI=1S/C6H11NO2S/c1-10(8,9)7-5-3-2-4-6-7/h2-3H,4-6H2,1H3. The zero-order chi connectivity index (χ0) is 7.61. The second-order valence-corrected chi connectivity index (χ2v) is 4.36. The average molecular weight is 161 g/mol. The molecule has 10 heavy (non-hydrogen) atoms. The van der Waals surface area contributed by atoms with E-state index in [1.807, 2.05) is 12.8 Å². The van der Waals surface area contributed by atoms with Crippen LogP contribution in [0, 0.1) is 12.8 Å². The Morgan fingerprint density at radius 2 is 2.10 bits per heavy atom. The van der Waals surface area contributed by atoms with Gasteiger partial charge in [-0.25, -0.2) is 12.7 Å².